The van der Waals surface area contributed by atoms with Crippen LogP contribution < -0.4 is 10.1 Å². The Bertz CT molecular complexity index is 613. The molecule has 7 heteroatoms. The van der Waals surface area contributed by atoms with E-state index in [1.807, 2.05) is 13.0 Å². The molecular formula is C14H12BrClF2N2O. The van der Waals surface area contributed by atoms with Crippen molar-refractivity contribution in [1.29, 1.82) is 0 Å². The Morgan fingerprint density at radius 3 is 2.76 bits per heavy atom. The number of alkyl halides is 2. The molecule has 0 saturated heterocycles. The number of nitrogens with one attached hydrogen (secondary N) is 1. The van der Waals surface area contributed by atoms with Crippen LogP contribution in [0, 0.1) is 0 Å². The minimum absolute atomic E-state index is 0.0186. The number of hydrogen-bond donors (Lipinski definition) is 1. The van der Waals surface area contributed by atoms with Crippen molar-refractivity contribution in [1.82, 2.24) is 4.98 Å². The second-order valence-corrected chi connectivity index (χ2v) is 5.59. The van der Waals surface area contributed by atoms with Crippen molar-refractivity contribution in [3.05, 3.63) is 51.7 Å². The molecule has 0 aliphatic heterocycles. The normalized spacial score (nSPS) is 12.3. The second kappa shape index (κ2) is 7.04. The van der Waals surface area contributed by atoms with Gasteiger partial charge in [0.15, 0.2) is 5.75 Å². The van der Waals surface area contributed by atoms with Gasteiger partial charge in [0.05, 0.1) is 16.2 Å². The number of halogens is 4. The maximum absolute atomic E-state index is 12.5. The van der Waals surface area contributed by atoms with Gasteiger partial charge < -0.3 is 10.1 Å². The lowest BCUT2D eigenvalue weighted by Gasteiger charge is -2.19. The van der Waals surface area contributed by atoms with Gasteiger partial charge in [0, 0.05) is 17.4 Å². The SMILES string of the molecule is CC(Nc1cc(Cl)cc(Br)c1OC(F)F)c1cccnc1. The van der Waals surface area contributed by atoms with Gasteiger partial charge in [-0.05, 0) is 46.6 Å². The summed E-state index contributed by atoms with van der Waals surface area (Å²) >= 11 is 9.14. The van der Waals surface area contributed by atoms with Gasteiger partial charge in [-0.1, -0.05) is 17.7 Å². The number of ether oxygens (including phenoxy) is 1. The first-order chi connectivity index (χ1) is 9.97. The zero-order valence-electron chi connectivity index (χ0n) is 11.0. The van der Waals surface area contributed by atoms with Crippen molar-refractivity contribution >= 4 is 33.2 Å². The van der Waals surface area contributed by atoms with Crippen molar-refractivity contribution in [2.75, 3.05) is 5.32 Å². The lowest BCUT2D eigenvalue weighted by molar-refractivity contribution is -0.0498. The molecule has 0 amide bonds. The Labute approximate surface area is 134 Å². The molecule has 3 nitrogen and oxygen atoms in total. The predicted octanol–water partition coefficient (Wildman–Crippen LogP) is 5.27. The Kier molecular flexibility index (Phi) is 5.36. The van der Waals surface area contributed by atoms with E-state index in [0.717, 1.165) is 5.56 Å². The third-order valence-corrected chi connectivity index (χ3v) is 3.58. The number of aromatic nitrogens is 1. The van der Waals surface area contributed by atoms with Crippen LogP contribution in [0.25, 0.3) is 0 Å². The summed E-state index contributed by atoms with van der Waals surface area (Å²) in [6, 6.07) is 6.58. The summed E-state index contributed by atoms with van der Waals surface area (Å²) in [5.74, 6) is 0.0186. The van der Waals surface area contributed by atoms with Crippen LogP contribution in [0.2, 0.25) is 5.02 Å². The van der Waals surface area contributed by atoms with Crippen LogP contribution in [0.4, 0.5) is 14.5 Å². The number of pyridine rings is 1. The first-order valence-corrected chi connectivity index (χ1v) is 7.25. The molecule has 1 aromatic carbocycles. The summed E-state index contributed by atoms with van der Waals surface area (Å²) in [4.78, 5) is 4.03. The first kappa shape index (κ1) is 16.0. The van der Waals surface area contributed by atoms with Crippen molar-refractivity contribution in [2.24, 2.45) is 0 Å². The van der Waals surface area contributed by atoms with Crippen LogP contribution in [0.3, 0.4) is 0 Å². The van der Waals surface area contributed by atoms with E-state index in [2.05, 4.69) is 31.0 Å². The largest absolute Gasteiger partial charge is 0.431 e. The highest BCUT2D eigenvalue weighted by Crippen LogP contribution is 2.39. The number of nitrogens with zero attached hydrogens (tertiary/aromatic N) is 1. The highest BCUT2D eigenvalue weighted by Gasteiger charge is 2.17. The van der Waals surface area contributed by atoms with E-state index in [4.69, 9.17) is 11.6 Å². The molecule has 0 saturated carbocycles. The van der Waals surface area contributed by atoms with Crippen molar-refractivity contribution in [2.45, 2.75) is 19.6 Å². The molecule has 1 atom stereocenters. The molecule has 21 heavy (non-hydrogen) atoms. The fourth-order valence-electron chi connectivity index (χ4n) is 1.83. The molecule has 2 aromatic rings. The number of rotatable bonds is 5. The quantitative estimate of drug-likeness (QED) is 0.770. The average Bonchev–Trinajstić information content (AvgIpc) is 2.43. The fraction of sp³-hybridized carbons (Fsp3) is 0.214. The zero-order chi connectivity index (χ0) is 15.4. The van der Waals surface area contributed by atoms with Gasteiger partial charge in [0.2, 0.25) is 0 Å². The van der Waals surface area contributed by atoms with E-state index in [1.165, 1.54) is 12.1 Å². The van der Waals surface area contributed by atoms with Gasteiger partial charge in [0.25, 0.3) is 0 Å². The zero-order valence-corrected chi connectivity index (χ0v) is 13.3. The number of hydrogen-bond acceptors (Lipinski definition) is 3. The average molecular weight is 378 g/mol. The monoisotopic (exact) mass is 376 g/mol. The van der Waals surface area contributed by atoms with Gasteiger partial charge in [-0.25, -0.2) is 0 Å². The molecule has 0 fully saturated rings. The van der Waals surface area contributed by atoms with E-state index in [9.17, 15) is 8.78 Å². The highest BCUT2D eigenvalue weighted by atomic mass is 79.9. The Balaban J connectivity index is 2.30. The lowest BCUT2D eigenvalue weighted by atomic mass is 10.1. The third kappa shape index (κ3) is 4.28. The minimum Gasteiger partial charge on any atom is -0.431 e. The topological polar surface area (TPSA) is 34.1 Å². The van der Waals surface area contributed by atoms with Crippen molar-refractivity contribution < 1.29 is 13.5 Å². The molecule has 112 valence electrons. The van der Waals surface area contributed by atoms with Crippen LogP contribution in [0.15, 0.2) is 41.1 Å². The summed E-state index contributed by atoms with van der Waals surface area (Å²) in [6.45, 7) is -1.03. The van der Waals surface area contributed by atoms with Gasteiger partial charge in [-0.15, -0.1) is 0 Å². The van der Waals surface area contributed by atoms with E-state index in [0.29, 0.717) is 15.2 Å². The minimum atomic E-state index is -2.92. The molecule has 1 N–H and O–H groups in total. The van der Waals surface area contributed by atoms with E-state index < -0.39 is 6.61 Å². The third-order valence-electron chi connectivity index (χ3n) is 2.77. The van der Waals surface area contributed by atoms with E-state index in [-0.39, 0.29) is 11.8 Å². The van der Waals surface area contributed by atoms with Gasteiger partial charge in [0.1, 0.15) is 0 Å². The number of anilines is 1. The van der Waals surface area contributed by atoms with Gasteiger partial charge in [-0.2, -0.15) is 8.78 Å². The fourth-order valence-corrected chi connectivity index (χ4v) is 2.73. The Morgan fingerprint density at radius 1 is 1.38 bits per heavy atom. The summed E-state index contributed by atoms with van der Waals surface area (Å²) in [5.41, 5.74) is 1.29. The van der Waals surface area contributed by atoms with Crippen LogP contribution in [-0.2, 0) is 0 Å². The maximum atomic E-state index is 12.5. The molecule has 0 radical (unpaired) electrons. The van der Waals surface area contributed by atoms with Gasteiger partial charge >= 0.3 is 6.61 Å². The Morgan fingerprint density at radius 2 is 2.14 bits per heavy atom. The van der Waals surface area contributed by atoms with Crippen LogP contribution >= 0.6 is 27.5 Å². The lowest BCUT2D eigenvalue weighted by Crippen LogP contribution is -2.10. The summed E-state index contributed by atoms with van der Waals surface area (Å²) in [6.07, 6.45) is 3.36. The predicted molar refractivity (Wildman–Crippen MR) is 82.1 cm³/mol. The van der Waals surface area contributed by atoms with Crippen molar-refractivity contribution in [3.63, 3.8) is 0 Å². The van der Waals surface area contributed by atoms with Crippen LogP contribution in [0.5, 0.6) is 5.75 Å². The van der Waals surface area contributed by atoms with Crippen LogP contribution in [-0.4, -0.2) is 11.6 Å². The molecule has 0 aliphatic rings. The molecular weight excluding hydrogens is 366 g/mol. The maximum Gasteiger partial charge on any atom is 0.387 e. The molecule has 0 bridgehead atoms. The second-order valence-electron chi connectivity index (χ2n) is 4.30. The van der Waals surface area contributed by atoms with Crippen molar-refractivity contribution in [3.8, 4) is 5.75 Å². The number of benzene rings is 1. The molecule has 0 aliphatic carbocycles. The highest BCUT2D eigenvalue weighted by molar-refractivity contribution is 9.10. The summed E-state index contributed by atoms with van der Waals surface area (Å²) in [7, 11) is 0. The smallest absolute Gasteiger partial charge is 0.387 e. The first-order valence-electron chi connectivity index (χ1n) is 6.07. The summed E-state index contributed by atoms with van der Waals surface area (Å²) < 4.78 is 30.0. The standard InChI is InChI=1S/C14H12BrClF2N2O/c1-8(9-3-2-4-19-7-9)20-12-6-10(16)5-11(15)13(12)21-14(17)18/h2-8,14,20H,1H3. The summed E-state index contributed by atoms with van der Waals surface area (Å²) in [5, 5.41) is 3.51. The van der Waals surface area contributed by atoms with Gasteiger partial charge in [-0.3, -0.25) is 4.98 Å². The molecule has 1 heterocycles. The molecule has 0 spiro atoms. The molecule has 1 unspecified atom stereocenters. The molecule has 1 aromatic heterocycles. The van der Waals surface area contributed by atoms with E-state index in [1.54, 1.807) is 18.5 Å². The molecule has 2 rings (SSSR count). The Hall–Kier alpha value is -1.40. The van der Waals surface area contributed by atoms with Crippen LogP contribution in [0.1, 0.15) is 18.5 Å². The van der Waals surface area contributed by atoms with E-state index >= 15 is 0 Å².